The van der Waals surface area contributed by atoms with Gasteiger partial charge < -0.3 is 14.2 Å². The zero-order chi connectivity index (χ0) is 15.2. The molecular formula is C16H22ClN3O. The molecule has 0 saturated carbocycles. The van der Waals surface area contributed by atoms with Gasteiger partial charge in [-0.3, -0.25) is 0 Å². The summed E-state index contributed by atoms with van der Waals surface area (Å²) >= 11 is 6.10. The van der Waals surface area contributed by atoms with E-state index in [1.165, 1.54) is 0 Å². The molecule has 0 fully saturated rings. The monoisotopic (exact) mass is 307 g/mol. The molecule has 2 rings (SSSR count). The molecule has 21 heavy (non-hydrogen) atoms. The molecule has 0 aliphatic rings. The number of hydrogen-bond acceptors (Lipinski definition) is 3. The van der Waals surface area contributed by atoms with Gasteiger partial charge in [-0.05, 0) is 44.8 Å². The van der Waals surface area contributed by atoms with Crippen LogP contribution in [0, 0.1) is 0 Å². The molecule has 1 unspecified atom stereocenters. The lowest BCUT2D eigenvalue weighted by atomic mass is 10.1. The second kappa shape index (κ2) is 7.59. The summed E-state index contributed by atoms with van der Waals surface area (Å²) in [4.78, 5) is 6.57. The molecule has 0 amide bonds. The molecule has 1 aromatic carbocycles. The number of halogens is 1. The van der Waals surface area contributed by atoms with Crippen molar-refractivity contribution < 1.29 is 4.74 Å². The molecule has 114 valence electrons. The maximum Gasteiger partial charge on any atom is 0.142 e. The van der Waals surface area contributed by atoms with Crippen molar-refractivity contribution >= 4 is 11.6 Å². The van der Waals surface area contributed by atoms with Gasteiger partial charge in [0.1, 0.15) is 11.9 Å². The number of benzene rings is 1. The van der Waals surface area contributed by atoms with Crippen molar-refractivity contribution in [2.45, 2.75) is 12.5 Å². The Hall–Kier alpha value is -1.36. The number of hydrogen-bond donors (Lipinski definition) is 0. The Morgan fingerprint density at radius 1 is 1.38 bits per heavy atom. The fraction of sp³-hybridized carbons (Fsp3) is 0.438. The molecule has 0 aliphatic heterocycles. The molecule has 1 atom stereocenters. The van der Waals surface area contributed by atoms with E-state index in [2.05, 4.69) is 24.0 Å². The van der Waals surface area contributed by atoms with Crippen LogP contribution in [0.1, 0.15) is 23.9 Å². The first-order chi connectivity index (χ1) is 10.1. The maximum atomic E-state index is 6.10. The Labute approximate surface area is 131 Å². The molecule has 1 heterocycles. The number of aryl methyl sites for hydroxylation is 1. The predicted molar refractivity (Wildman–Crippen MR) is 85.6 cm³/mol. The third-order valence-corrected chi connectivity index (χ3v) is 3.51. The van der Waals surface area contributed by atoms with E-state index in [0.717, 1.165) is 24.4 Å². The maximum absolute atomic E-state index is 6.10. The second-order valence-electron chi connectivity index (χ2n) is 5.36. The first kappa shape index (κ1) is 16.0. The molecule has 0 radical (unpaired) electrons. The number of rotatable bonds is 7. The van der Waals surface area contributed by atoms with Crippen LogP contribution >= 0.6 is 11.6 Å². The third kappa shape index (κ3) is 4.56. The van der Waals surface area contributed by atoms with Gasteiger partial charge in [0.25, 0.3) is 0 Å². The van der Waals surface area contributed by atoms with Crippen LogP contribution in [-0.4, -0.2) is 41.7 Å². The number of imidazole rings is 1. The molecule has 0 saturated heterocycles. The minimum Gasteiger partial charge on any atom is -0.365 e. The lowest BCUT2D eigenvalue weighted by molar-refractivity contribution is 0.0672. The van der Waals surface area contributed by atoms with Gasteiger partial charge in [0.2, 0.25) is 0 Å². The van der Waals surface area contributed by atoms with Crippen LogP contribution in [0.25, 0.3) is 0 Å². The van der Waals surface area contributed by atoms with Crippen LogP contribution in [0.2, 0.25) is 5.02 Å². The zero-order valence-electron chi connectivity index (χ0n) is 12.8. The van der Waals surface area contributed by atoms with Crippen molar-refractivity contribution in [2.75, 3.05) is 27.2 Å². The van der Waals surface area contributed by atoms with Crippen LogP contribution in [-0.2, 0) is 11.8 Å². The normalized spacial score (nSPS) is 12.8. The second-order valence-corrected chi connectivity index (χ2v) is 5.80. The van der Waals surface area contributed by atoms with Gasteiger partial charge in [-0.25, -0.2) is 4.98 Å². The molecule has 1 aromatic heterocycles. The van der Waals surface area contributed by atoms with E-state index in [4.69, 9.17) is 16.3 Å². The van der Waals surface area contributed by atoms with Crippen molar-refractivity contribution in [1.82, 2.24) is 14.5 Å². The minimum atomic E-state index is -0.189. The van der Waals surface area contributed by atoms with E-state index in [-0.39, 0.29) is 6.10 Å². The average molecular weight is 308 g/mol. The molecule has 0 aliphatic carbocycles. The molecule has 0 N–H and O–H groups in total. The van der Waals surface area contributed by atoms with Gasteiger partial charge >= 0.3 is 0 Å². The van der Waals surface area contributed by atoms with Crippen molar-refractivity contribution in [1.29, 1.82) is 0 Å². The van der Waals surface area contributed by atoms with Crippen LogP contribution in [0.3, 0.4) is 0 Å². The van der Waals surface area contributed by atoms with E-state index in [1.807, 2.05) is 42.1 Å². The minimum absolute atomic E-state index is 0.189. The van der Waals surface area contributed by atoms with E-state index in [1.54, 1.807) is 6.20 Å². The number of ether oxygens (including phenoxy) is 1. The number of nitrogens with zero attached hydrogens (tertiary/aromatic N) is 3. The van der Waals surface area contributed by atoms with Gasteiger partial charge in [-0.2, -0.15) is 0 Å². The molecule has 2 aromatic rings. The topological polar surface area (TPSA) is 30.3 Å². The summed E-state index contributed by atoms with van der Waals surface area (Å²) in [6, 6.07) is 7.77. The van der Waals surface area contributed by atoms with Crippen molar-refractivity contribution in [3.63, 3.8) is 0 Å². The quantitative estimate of drug-likeness (QED) is 0.736. The van der Waals surface area contributed by atoms with Gasteiger partial charge in [-0.1, -0.05) is 23.7 Å². The van der Waals surface area contributed by atoms with Crippen LogP contribution in [0.5, 0.6) is 0 Å². The van der Waals surface area contributed by atoms with E-state index in [0.29, 0.717) is 11.6 Å². The summed E-state index contributed by atoms with van der Waals surface area (Å²) in [7, 11) is 6.10. The van der Waals surface area contributed by atoms with Gasteiger partial charge in [0.15, 0.2) is 0 Å². The smallest absolute Gasteiger partial charge is 0.142 e. The Morgan fingerprint density at radius 2 is 2.19 bits per heavy atom. The first-order valence-electron chi connectivity index (χ1n) is 7.07. The van der Waals surface area contributed by atoms with Gasteiger partial charge in [0.05, 0.1) is 0 Å². The largest absolute Gasteiger partial charge is 0.365 e. The van der Waals surface area contributed by atoms with Crippen molar-refractivity contribution in [2.24, 2.45) is 7.05 Å². The number of aromatic nitrogens is 2. The zero-order valence-corrected chi connectivity index (χ0v) is 13.5. The lowest BCUT2D eigenvalue weighted by Gasteiger charge is -2.19. The summed E-state index contributed by atoms with van der Waals surface area (Å²) in [6.45, 7) is 1.69. The highest BCUT2D eigenvalue weighted by Crippen LogP contribution is 2.26. The van der Waals surface area contributed by atoms with Crippen molar-refractivity contribution in [3.8, 4) is 0 Å². The molecule has 0 spiro atoms. The van der Waals surface area contributed by atoms with Crippen LogP contribution in [0.4, 0.5) is 0 Å². The Bertz CT molecular complexity index is 568. The van der Waals surface area contributed by atoms with Gasteiger partial charge in [0, 0.05) is 31.1 Å². The highest BCUT2D eigenvalue weighted by molar-refractivity contribution is 6.30. The summed E-state index contributed by atoms with van der Waals surface area (Å²) < 4.78 is 8.07. The third-order valence-electron chi connectivity index (χ3n) is 3.28. The Kier molecular flexibility index (Phi) is 5.79. The van der Waals surface area contributed by atoms with Crippen LogP contribution < -0.4 is 0 Å². The highest BCUT2D eigenvalue weighted by atomic mass is 35.5. The lowest BCUT2D eigenvalue weighted by Crippen LogP contribution is -2.17. The predicted octanol–water partition coefficient (Wildman–Crippen LogP) is 3.13. The first-order valence-corrected chi connectivity index (χ1v) is 7.44. The molecule has 5 heteroatoms. The molecular weight excluding hydrogens is 286 g/mol. The van der Waals surface area contributed by atoms with Crippen molar-refractivity contribution in [3.05, 3.63) is 53.1 Å². The van der Waals surface area contributed by atoms with E-state index in [9.17, 15) is 0 Å². The van der Waals surface area contributed by atoms with Gasteiger partial charge in [-0.15, -0.1) is 0 Å². The highest BCUT2D eigenvalue weighted by Gasteiger charge is 2.19. The summed E-state index contributed by atoms with van der Waals surface area (Å²) in [6.07, 6.45) is 4.51. The average Bonchev–Trinajstić information content (AvgIpc) is 2.84. The fourth-order valence-corrected chi connectivity index (χ4v) is 2.40. The van der Waals surface area contributed by atoms with E-state index < -0.39 is 0 Å². The Balaban J connectivity index is 2.13. The molecule has 0 bridgehead atoms. The fourth-order valence-electron chi connectivity index (χ4n) is 2.20. The summed E-state index contributed by atoms with van der Waals surface area (Å²) in [5, 5.41) is 0.712. The van der Waals surface area contributed by atoms with E-state index >= 15 is 0 Å². The molecule has 4 nitrogen and oxygen atoms in total. The standard InChI is InChI=1S/C16H22ClN3O/c1-19(2)9-5-11-21-15(16-18-8-10-20(16)3)13-6-4-7-14(17)12-13/h4,6-8,10,12,15H,5,9,11H2,1-3H3. The SMILES string of the molecule is CN(C)CCCOC(c1cccc(Cl)c1)c1nccn1C. The van der Waals surface area contributed by atoms with Crippen LogP contribution in [0.15, 0.2) is 36.7 Å². The Morgan fingerprint density at radius 3 is 2.81 bits per heavy atom. The summed E-state index contributed by atoms with van der Waals surface area (Å²) in [5.74, 6) is 0.891. The summed E-state index contributed by atoms with van der Waals surface area (Å²) in [5.41, 5.74) is 1.03.